The van der Waals surface area contributed by atoms with Crippen LogP contribution in [-0.2, 0) is 0 Å². The van der Waals surface area contributed by atoms with E-state index in [2.05, 4.69) is 0 Å². The highest BCUT2D eigenvalue weighted by Gasteiger charge is 2.56. The zero-order valence-corrected chi connectivity index (χ0v) is 9.33. The van der Waals surface area contributed by atoms with Gasteiger partial charge in [0.1, 0.15) is 0 Å². The third-order valence-electron chi connectivity index (χ3n) is 5.15. The summed E-state index contributed by atoms with van der Waals surface area (Å²) in [6, 6.07) is 0. The summed E-state index contributed by atoms with van der Waals surface area (Å²) >= 11 is 0. The van der Waals surface area contributed by atoms with Gasteiger partial charge in [0.25, 0.3) is 0 Å². The summed E-state index contributed by atoms with van der Waals surface area (Å²) in [7, 11) is 3.74. The van der Waals surface area contributed by atoms with Crippen LogP contribution < -0.4 is 0 Å². The van der Waals surface area contributed by atoms with Crippen molar-refractivity contribution >= 4 is 0 Å². The molecule has 0 unspecified atom stereocenters. The van der Waals surface area contributed by atoms with Crippen LogP contribution in [0.4, 0.5) is 0 Å². The van der Waals surface area contributed by atoms with Crippen LogP contribution in [0.25, 0.3) is 0 Å². The zero-order chi connectivity index (χ0) is 9.97. The lowest BCUT2D eigenvalue weighted by atomic mass is 9.52. The lowest BCUT2D eigenvalue weighted by Crippen LogP contribution is -2.64. The second-order valence-electron chi connectivity index (χ2n) is 6.49. The third kappa shape index (κ3) is 1.10. The van der Waals surface area contributed by atoms with Gasteiger partial charge in [0.15, 0.2) is 0 Å². The van der Waals surface area contributed by atoms with Gasteiger partial charge in [-0.25, -0.2) is 0 Å². The van der Waals surface area contributed by atoms with E-state index in [0.717, 1.165) is 17.8 Å². The molecule has 0 amide bonds. The Kier molecular flexibility index (Phi) is 1.66. The molecule has 0 spiro atoms. The summed E-state index contributed by atoms with van der Waals surface area (Å²) in [6.07, 6.45) is 7.94. The molecule has 0 aromatic rings. The van der Waals surface area contributed by atoms with Crippen molar-refractivity contribution in [3.63, 3.8) is 0 Å². The second kappa shape index (κ2) is 2.53. The molecular weight excluding hydrogens is 174 g/mol. The third-order valence-corrected chi connectivity index (χ3v) is 5.15. The molecule has 0 N–H and O–H groups in total. The summed E-state index contributed by atoms with van der Waals surface area (Å²) in [5, 5.41) is 12.3. The van der Waals surface area contributed by atoms with E-state index < -0.39 is 0 Å². The molecule has 0 radical (unpaired) electrons. The number of rotatable bonds is 1. The van der Waals surface area contributed by atoms with Crippen LogP contribution in [0.1, 0.15) is 38.5 Å². The summed E-state index contributed by atoms with van der Waals surface area (Å²) in [5.41, 5.74) is 0.120. The first-order chi connectivity index (χ1) is 6.48. The average Bonchev–Trinajstić information content (AvgIpc) is 1.98. The number of quaternary nitrogens is 1. The lowest BCUT2D eigenvalue weighted by molar-refractivity contribution is -0.902. The Bertz CT molecular complexity index is 218. The van der Waals surface area contributed by atoms with E-state index in [1.54, 1.807) is 0 Å². The molecule has 0 aromatic heterocycles. The predicted molar refractivity (Wildman–Crippen MR) is 56.4 cm³/mol. The zero-order valence-electron chi connectivity index (χ0n) is 9.33. The van der Waals surface area contributed by atoms with Crippen LogP contribution >= 0.6 is 0 Å². The van der Waals surface area contributed by atoms with Gasteiger partial charge in [-0.05, 0) is 37.0 Å². The van der Waals surface area contributed by atoms with Gasteiger partial charge in [-0.2, -0.15) is 0 Å². The maximum atomic E-state index is 12.3. The summed E-state index contributed by atoms with van der Waals surface area (Å²) in [6.45, 7) is 0. The Balaban J connectivity index is 1.95. The molecule has 14 heavy (non-hydrogen) atoms. The number of hydrogen-bond donors (Lipinski definition) is 0. The maximum absolute atomic E-state index is 12.3. The fourth-order valence-corrected chi connectivity index (χ4v) is 4.72. The molecule has 4 fully saturated rings. The van der Waals surface area contributed by atoms with E-state index in [0.29, 0.717) is 0 Å². The minimum atomic E-state index is -0.0312. The summed E-state index contributed by atoms with van der Waals surface area (Å²) in [4.78, 5) is 0. The average molecular weight is 195 g/mol. The SMILES string of the molecule is C[N+](C)([O-])C12CC3CC(CC(C3)C1)C2. The molecular formula is C12H21NO. The first-order valence-electron chi connectivity index (χ1n) is 6.04. The van der Waals surface area contributed by atoms with Gasteiger partial charge in [-0.1, -0.05) is 0 Å². The van der Waals surface area contributed by atoms with Crippen LogP contribution in [-0.4, -0.2) is 24.3 Å². The van der Waals surface area contributed by atoms with Crippen molar-refractivity contribution in [3.8, 4) is 0 Å². The van der Waals surface area contributed by atoms with Crippen molar-refractivity contribution in [1.82, 2.24) is 0 Å². The maximum Gasteiger partial charge on any atom is 0.0993 e. The Hall–Kier alpha value is -0.0800. The summed E-state index contributed by atoms with van der Waals surface area (Å²) < 4.78 is -0.0312. The highest BCUT2D eigenvalue weighted by molar-refractivity contribution is 5.03. The van der Waals surface area contributed by atoms with Gasteiger partial charge < -0.3 is 9.85 Å². The highest BCUT2D eigenvalue weighted by atomic mass is 16.5. The fraction of sp³-hybridized carbons (Fsp3) is 1.00. The van der Waals surface area contributed by atoms with Crippen LogP contribution in [0.15, 0.2) is 0 Å². The molecule has 0 heterocycles. The molecule has 80 valence electrons. The minimum absolute atomic E-state index is 0.0312. The van der Waals surface area contributed by atoms with Crippen molar-refractivity contribution in [2.45, 2.75) is 44.1 Å². The molecule has 2 nitrogen and oxygen atoms in total. The monoisotopic (exact) mass is 195 g/mol. The molecule has 4 bridgehead atoms. The van der Waals surface area contributed by atoms with Gasteiger partial charge in [0, 0.05) is 19.3 Å². The highest BCUT2D eigenvalue weighted by Crippen LogP contribution is 2.58. The molecule has 4 aliphatic carbocycles. The number of hydroxylamine groups is 3. The van der Waals surface area contributed by atoms with Crippen molar-refractivity contribution in [2.24, 2.45) is 17.8 Å². The topological polar surface area (TPSA) is 23.1 Å². The fourth-order valence-electron chi connectivity index (χ4n) is 4.72. The van der Waals surface area contributed by atoms with Gasteiger partial charge in [0.05, 0.1) is 19.6 Å². The quantitative estimate of drug-likeness (QED) is 0.466. The smallest absolute Gasteiger partial charge is 0.0993 e. The van der Waals surface area contributed by atoms with Crippen LogP contribution in [0.2, 0.25) is 0 Å². The first kappa shape index (κ1) is 9.17. The largest absolute Gasteiger partial charge is 0.633 e. The lowest BCUT2D eigenvalue weighted by Gasteiger charge is -2.63. The predicted octanol–water partition coefficient (Wildman–Crippen LogP) is 2.53. The van der Waals surface area contributed by atoms with E-state index >= 15 is 0 Å². The van der Waals surface area contributed by atoms with Gasteiger partial charge in [-0.15, -0.1) is 0 Å². The second-order valence-corrected chi connectivity index (χ2v) is 6.49. The van der Waals surface area contributed by atoms with Crippen LogP contribution in [0.3, 0.4) is 0 Å². The van der Waals surface area contributed by atoms with E-state index in [9.17, 15) is 5.21 Å². The first-order valence-corrected chi connectivity index (χ1v) is 6.04. The Morgan fingerprint density at radius 2 is 1.29 bits per heavy atom. The van der Waals surface area contributed by atoms with E-state index in [4.69, 9.17) is 0 Å². The van der Waals surface area contributed by atoms with E-state index in [1.807, 2.05) is 14.1 Å². The van der Waals surface area contributed by atoms with Crippen molar-refractivity contribution in [3.05, 3.63) is 5.21 Å². The van der Waals surface area contributed by atoms with Crippen LogP contribution in [0, 0.1) is 23.0 Å². The molecule has 0 saturated heterocycles. The molecule has 4 rings (SSSR count). The molecule has 0 aromatic carbocycles. The Labute approximate surface area is 86.5 Å². The van der Waals surface area contributed by atoms with E-state index in [1.165, 1.54) is 38.5 Å². The van der Waals surface area contributed by atoms with Gasteiger partial charge >= 0.3 is 0 Å². The number of hydrogen-bond acceptors (Lipinski definition) is 1. The molecule has 4 aliphatic rings. The minimum Gasteiger partial charge on any atom is -0.633 e. The molecule has 0 aliphatic heterocycles. The van der Waals surface area contributed by atoms with Crippen molar-refractivity contribution < 1.29 is 4.65 Å². The molecule has 2 heteroatoms. The Morgan fingerprint density at radius 3 is 1.57 bits per heavy atom. The standard InChI is InChI=1S/C12H21NO/c1-13(2,14)12-6-9-3-10(7-12)5-11(4-9)8-12/h9-11H,3-8H2,1-2H3. The number of nitrogens with zero attached hydrogens (tertiary/aromatic N) is 1. The van der Waals surface area contributed by atoms with Gasteiger partial charge in [0.2, 0.25) is 0 Å². The van der Waals surface area contributed by atoms with Crippen molar-refractivity contribution in [1.29, 1.82) is 0 Å². The van der Waals surface area contributed by atoms with Crippen molar-refractivity contribution in [2.75, 3.05) is 14.1 Å². The van der Waals surface area contributed by atoms with E-state index in [-0.39, 0.29) is 10.2 Å². The normalized spacial score (nSPS) is 51.2. The van der Waals surface area contributed by atoms with Gasteiger partial charge in [-0.3, -0.25) is 0 Å². The summed E-state index contributed by atoms with van der Waals surface area (Å²) in [5.74, 6) is 2.69. The molecule has 0 atom stereocenters. The molecule has 4 saturated carbocycles. The van der Waals surface area contributed by atoms with Crippen LogP contribution in [0.5, 0.6) is 0 Å². The Morgan fingerprint density at radius 1 is 0.929 bits per heavy atom.